The molecule has 3 N–H and O–H groups in total. The Morgan fingerprint density at radius 2 is 2.35 bits per heavy atom. The van der Waals surface area contributed by atoms with Crippen molar-refractivity contribution < 1.29 is 4.79 Å². The third kappa shape index (κ3) is 2.90. The Hall–Kier alpha value is -2.18. The Labute approximate surface area is 98.1 Å². The van der Waals surface area contributed by atoms with Crippen LogP contribution in [-0.4, -0.2) is 37.6 Å². The molecule has 0 radical (unpaired) electrons. The number of nitrogens with one attached hydrogen (secondary N) is 3. The molecule has 0 atom stereocenters. The second-order valence-electron chi connectivity index (χ2n) is 3.50. The molecule has 0 saturated heterocycles. The molecule has 0 aliphatic carbocycles. The highest BCUT2D eigenvalue weighted by Gasteiger charge is 2.10. The van der Waals surface area contributed by atoms with Gasteiger partial charge < -0.3 is 10.3 Å². The average molecular weight is 234 g/mol. The van der Waals surface area contributed by atoms with Crippen molar-refractivity contribution in [3.8, 4) is 0 Å². The van der Waals surface area contributed by atoms with Gasteiger partial charge in [0.1, 0.15) is 11.6 Å². The predicted molar refractivity (Wildman–Crippen MR) is 60.4 cm³/mol. The lowest BCUT2D eigenvalue weighted by molar-refractivity contribution is 0.0944. The number of rotatable bonds is 5. The van der Waals surface area contributed by atoms with Gasteiger partial charge in [-0.15, -0.1) is 5.10 Å². The van der Waals surface area contributed by atoms with Gasteiger partial charge in [0.15, 0.2) is 0 Å². The first-order valence-corrected chi connectivity index (χ1v) is 5.47. The summed E-state index contributed by atoms with van der Waals surface area (Å²) in [5, 5.41) is 9.26. The maximum atomic E-state index is 11.6. The maximum Gasteiger partial charge on any atom is 0.290 e. The molecule has 2 aromatic heterocycles. The van der Waals surface area contributed by atoms with Crippen LogP contribution in [0.1, 0.15) is 29.2 Å². The first-order chi connectivity index (χ1) is 8.29. The molecule has 2 aromatic rings. The van der Waals surface area contributed by atoms with Crippen LogP contribution in [0.2, 0.25) is 0 Å². The normalized spacial score (nSPS) is 10.4. The zero-order valence-electron chi connectivity index (χ0n) is 9.53. The predicted octanol–water partition coefficient (Wildman–Crippen LogP) is 0.0627. The Morgan fingerprint density at radius 3 is 3.00 bits per heavy atom. The molecule has 0 aliphatic heterocycles. The highest BCUT2D eigenvalue weighted by Crippen LogP contribution is 1.94. The van der Waals surface area contributed by atoms with E-state index < -0.39 is 0 Å². The molecule has 0 aromatic carbocycles. The van der Waals surface area contributed by atoms with E-state index in [-0.39, 0.29) is 11.7 Å². The van der Waals surface area contributed by atoms with Crippen molar-refractivity contribution in [1.82, 2.24) is 30.5 Å². The van der Waals surface area contributed by atoms with E-state index in [2.05, 4.69) is 30.5 Å². The van der Waals surface area contributed by atoms with E-state index in [9.17, 15) is 4.79 Å². The van der Waals surface area contributed by atoms with Gasteiger partial charge in [0.2, 0.25) is 5.82 Å². The fourth-order valence-corrected chi connectivity index (χ4v) is 1.36. The highest BCUT2D eigenvalue weighted by molar-refractivity contribution is 5.90. The number of aromatic amines is 2. The van der Waals surface area contributed by atoms with Crippen LogP contribution in [-0.2, 0) is 12.8 Å². The van der Waals surface area contributed by atoms with E-state index in [0.29, 0.717) is 18.8 Å². The fraction of sp³-hybridized carbons (Fsp3) is 0.400. The fourth-order valence-electron chi connectivity index (χ4n) is 1.36. The van der Waals surface area contributed by atoms with Crippen molar-refractivity contribution >= 4 is 5.91 Å². The molecule has 0 fully saturated rings. The number of hydrogen-bond acceptors (Lipinski definition) is 4. The molecule has 2 rings (SSSR count). The lowest BCUT2D eigenvalue weighted by atomic mass is 10.4. The lowest BCUT2D eigenvalue weighted by Crippen LogP contribution is -2.27. The molecule has 1 amide bonds. The lowest BCUT2D eigenvalue weighted by Gasteiger charge is -1.99. The Kier molecular flexibility index (Phi) is 3.49. The summed E-state index contributed by atoms with van der Waals surface area (Å²) in [6.07, 6.45) is 4.82. The molecule has 0 spiro atoms. The second-order valence-corrected chi connectivity index (χ2v) is 3.50. The number of H-pyrrole nitrogens is 2. The standard InChI is InChI=1S/C10H14N6O/c1-2-7-14-9(16-15-7)10(17)13-4-3-8-11-5-6-12-8/h5-6H,2-4H2,1H3,(H,11,12)(H,13,17)(H,14,15,16). The second kappa shape index (κ2) is 5.24. The van der Waals surface area contributed by atoms with Crippen LogP contribution >= 0.6 is 0 Å². The molecule has 0 bridgehead atoms. The Bertz CT molecular complexity index is 475. The minimum Gasteiger partial charge on any atom is -0.349 e. The van der Waals surface area contributed by atoms with E-state index >= 15 is 0 Å². The first kappa shape index (κ1) is 11.3. The molecule has 2 heterocycles. The first-order valence-electron chi connectivity index (χ1n) is 5.47. The summed E-state index contributed by atoms with van der Waals surface area (Å²) in [6.45, 7) is 2.45. The van der Waals surface area contributed by atoms with Gasteiger partial charge in [0.25, 0.3) is 5.91 Å². The summed E-state index contributed by atoms with van der Waals surface area (Å²) in [6, 6.07) is 0. The number of carbonyl (C=O) groups excluding carboxylic acids is 1. The van der Waals surface area contributed by atoms with Crippen LogP contribution in [0.15, 0.2) is 12.4 Å². The topological polar surface area (TPSA) is 99.3 Å². The third-order valence-electron chi connectivity index (χ3n) is 2.27. The zero-order chi connectivity index (χ0) is 12.1. The van der Waals surface area contributed by atoms with Gasteiger partial charge in [0.05, 0.1) is 0 Å². The maximum absolute atomic E-state index is 11.6. The van der Waals surface area contributed by atoms with Crippen LogP contribution < -0.4 is 5.32 Å². The minimum atomic E-state index is -0.271. The SMILES string of the molecule is CCc1nc(C(=O)NCCc2ncc[nH]2)n[nH]1. The van der Waals surface area contributed by atoms with Gasteiger partial charge in [-0.2, -0.15) is 0 Å². The van der Waals surface area contributed by atoms with Gasteiger partial charge >= 0.3 is 0 Å². The summed E-state index contributed by atoms with van der Waals surface area (Å²) in [4.78, 5) is 22.7. The molecule has 7 nitrogen and oxygen atoms in total. The molecule has 0 unspecified atom stereocenters. The number of carbonyl (C=O) groups is 1. The van der Waals surface area contributed by atoms with Crippen molar-refractivity contribution in [3.05, 3.63) is 29.9 Å². The number of imidazole rings is 1. The molecular weight excluding hydrogens is 220 g/mol. The van der Waals surface area contributed by atoms with E-state index in [1.54, 1.807) is 12.4 Å². The number of hydrogen-bond donors (Lipinski definition) is 3. The van der Waals surface area contributed by atoms with Crippen molar-refractivity contribution in [2.24, 2.45) is 0 Å². The van der Waals surface area contributed by atoms with Crippen LogP contribution in [0.5, 0.6) is 0 Å². The number of aryl methyl sites for hydroxylation is 1. The van der Waals surface area contributed by atoms with Crippen molar-refractivity contribution in [2.75, 3.05) is 6.54 Å². The van der Waals surface area contributed by atoms with E-state index in [0.717, 1.165) is 12.2 Å². The van der Waals surface area contributed by atoms with Crippen LogP contribution in [0.25, 0.3) is 0 Å². The number of nitrogens with zero attached hydrogens (tertiary/aromatic N) is 3. The van der Waals surface area contributed by atoms with Gasteiger partial charge in [-0.25, -0.2) is 9.97 Å². The molecule has 0 saturated carbocycles. The van der Waals surface area contributed by atoms with Gasteiger partial charge in [0, 0.05) is 31.8 Å². The summed E-state index contributed by atoms with van der Waals surface area (Å²) in [5.74, 6) is 1.46. The quantitative estimate of drug-likeness (QED) is 0.681. The van der Waals surface area contributed by atoms with E-state index in [1.165, 1.54) is 0 Å². The van der Waals surface area contributed by atoms with E-state index in [4.69, 9.17) is 0 Å². The number of amides is 1. The molecule has 90 valence electrons. The van der Waals surface area contributed by atoms with Gasteiger partial charge in [-0.3, -0.25) is 9.89 Å². The molecule has 0 aliphatic rings. The number of aromatic nitrogens is 5. The Morgan fingerprint density at radius 1 is 1.47 bits per heavy atom. The Balaban J connectivity index is 1.81. The van der Waals surface area contributed by atoms with Gasteiger partial charge in [-0.05, 0) is 0 Å². The molecule has 7 heteroatoms. The van der Waals surface area contributed by atoms with Gasteiger partial charge in [-0.1, -0.05) is 6.92 Å². The molecular formula is C10H14N6O. The van der Waals surface area contributed by atoms with Crippen LogP contribution in [0.3, 0.4) is 0 Å². The van der Waals surface area contributed by atoms with E-state index in [1.807, 2.05) is 6.92 Å². The van der Waals surface area contributed by atoms with Crippen LogP contribution in [0.4, 0.5) is 0 Å². The van der Waals surface area contributed by atoms with Crippen molar-refractivity contribution in [1.29, 1.82) is 0 Å². The van der Waals surface area contributed by atoms with Crippen LogP contribution in [0, 0.1) is 0 Å². The summed E-state index contributed by atoms with van der Waals surface area (Å²) < 4.78 is 0. The highest BCUT2D eigenvalue weighted by atomic mass is 16.2. The van der Waals surface area contributed by atoms with Crippen molar-refractivity contribution in [3.63, 3.8) is 0 Å². The largest absolute Gasteiger partial charge is 0.349 e. The average Bonchev–Trinajstić information content (AvgIpc) is 2.99. The monoisotopic (exact) mass is 234 g/mol. The summed E-state index contributed by atoms with van der Waals surface area (Å²) >= 11 is 0. The molecule has 17 heavy (non-hydrogen) atoms. The third-order valence-corrected chi connectivity index (χ3v) is 2.27. The minimum absolute atomic E-state index is 0.182. The summed E-state index contributed by atoms with van der Waals surface area (Å²) in [7, 11) is 0. The van der Waals surface area contributed by atoms with Crippen molar-refractivity contribution in [2.45, 2.75) is 19.8 Å². The summed E-state index contributed by atoms with van der Waals surface area (Å²) in [5.41, 5.74) is 0. The zero-order valence-corrected chi connectivity index (χ0v) is 9.53. The smallest absolute Gasteiger partial charge is 0.290 e.